The van der Waals surface area contributed by atoms with Crippen molar-refractivity contribution in [2.24, 2.45) is 0 Å². The quantitative estimate of drug-likeness (QED) is 0.639. The van der Waals surface area contributed by atoms with Gasteiger partial charge < -0.3 is 9.84 Å². The average Bonchev–Trinajstić information content (AvgIpc) is 2.39. The number of rotatable bonds is 6. The second-order valence-electron chi connectivity index (χ2n) is 4.50. The largest absolute Gasteiger partial charge is 0.482 e. The van der Waals surface area contributed by atoms with E-state index in [1.54, 1.807) is 18.2 Å². The minimum atomic E-state index is -3.63. The Kier molecular flexibility index (Phi) is 5.38. The summed E-state index contributed by atoms with van der Waals surface area (Å²) < 4.78 is 33.3. The maximum Gasteiger partial charge on any atom is 0.346 e. The summed E-state index contributed by atoms with van der Waals surface area (Å²) in [6.45, 7) is 3.10. The van der Waals surface area contributed by atoms with Gasteiger partial charge in [-0.25, -0.2) is 0 Å². The molecular formula is C14H18F2O2S. The summed E-state index contributed by atoms with van der Waals surface area (Å²) in [7, 11) is 0. The lowest BCUT2D eigenvalue weighted by atomic mass is 9.89. The molecule has 0 heterocycles. The molecule has 0 fully saturated rings. The summed E-state index contributed by atoms with van der Waals surface area (Å²) in [5.41, 5.74) is -2.29. The van der Waals surface area contributed by atoms with E-state index < -0.39 is 16.6 Å². The van der Waals surface area contributed by atoms with E-state index in [0.29, 0.717) is 6.42 Å². The minimum Gasteiger partial charge on any atom is -0.482 e. The van der Waals surface area contributed by atoms with E-state index in [2.05, 4.69) is 12.2 Å². The van der Waals surface area contributed by atoms with E-state index >= 15 is 0 Å². The van der Waals surface area contributed by atoms with E-state index in [1.165, 1.54) is 12.1 Å². The molecule has 1 unspecified atom stereocenters. The Morgan fingerprint density at radius 3 is 2.42 bits per heavy atom. The summed E-state index contributed by atoms with van der Waals surface area (Å²) in [6, 6.07) is 7.72. The van der Waals surface area contributed by atoms with Gasteiger partial charge in [-0.1, -0.05) is 43.7 Å². The third-order valence-electron chi connectivity index (χ3n) is 2.93. The molecule has 2 nitrogen and oxygen atoms in total. The number of unbranched alkanes of at least 4 members (excludes halogenated alkanes) is 1. The summed E-state index contributed by atoms with van der Waals surface area (Å²) >= 11 is 4.62. The Morgan fingerprint density at radius 1 is 1.32 bits per heavy atom. The van der Waals surface area contributed by atoms with Gasteiger partial charge in [0.05, 0.1) is 6.61 Å². The van der Waals surface area contributed by atoms with Crippen molar-refractivity contribution in [2.75, 3.05) is 6.61 Å². The SMILES string of the molecule is CCCCOC(=S)C(F)(F)C(C)(O)c1ccccc1. The van der Waals surface area contributed by atoms with Gasteiger partial charge >= 0.3 is 5.92 Å². The molecule has 0 saturated heterocycles. The van der Waals surface area contributed by atoms with Gasteiger partial charge in [0.25, 0.3) is 0 Å². The second-order valence-corrected chi connectivity index (χ2v) is 4.87. The Hall–Kier alpha value is -1.07. The zero-order chi connectivity index (χ0) is 14.5. The van der Waals surface area contributed by atoms with Crippen molar-refractivity contribution in [3.63, 3.8) is 0 Å². The molecule has 0 saturated carbocycles. The Morgan fingerprint density at radius 2 is 1.89 bits per heavy atom. The highest BCUT2D eigenvalue weighted by atomic mass is 32.1. The van der Waals surface area contributed by atoms with Crippen LogP contribution in [0.3, 0.4) is 0 Å². The summed E-state index contributed by atoms with van der Waals surface area (Å²) in [4.78, 5) is 0. The molecule has 1 N–H and O–H groups in total. The van der Waals surface area contributed by atoms with Crippen molar-refractivity contribution < 1.29 is 18.6 Å². The lowest BCUT2D eigenvalue weighted by Gasteiger charge is -2.32. The van der Waals surface area contributed by atoms with E-state index in [4.69, 9.17) is 4.74 Å². The fraction of sp³-hybridized carbons (Fsp3) is 0.500. The molecular weight excluding hydrogens is 270 g/mol. The van der Waals surface area contributed by atoms with Gasteiger partial charge in [-0.15, -0.1) is 0 Å². The average molecular weight is 288 g/mol. The first-order chi connectivity index (χ1) is 8.84. The summed E-state index contributed by atoms with van der Waals surface area (Å²) in [5.74, 6) is -3.63. The molecule has 5 heteroatoms. The van der Waals surface area contributed by atoms with Gasteiger partial charge in [-0.3, -0.25) is 0 Å². The molecule has 0 amide bonds. The highest BCUT2D eigenvalue weighted by molar-refractivity contribution is 7.80. The minimum absolute atomic E-state index is 0.0986. The van der Waals surface area contributed by atoms with Crippen LogP contribution in [-0.4, -0.2) is 22.7 Å². The number of alkyl halides is 2. The molecule has 0 aliphatic rings. The second kappa shape index (κ2) is 6.39. The highest BCUT2D eigenvalue weighted by Crippen LogP contribution is 2.38. The predicted octanol–water partition coefficient (Wildman–Crippen LogP) is 3.67. The van der Waals surface area contributed by atoms with Crippen LogP contribution < -0.4 is 0 Å². The van der Waals surface area contributed by atoms with Crippen molar-refractivity contribution in [3.8, 4) is 0 Å². The lowest BCUT2D eigenvalue weighted by molar-refractivity contribution is -0.139. The van der Waals surface area contributed by atoms with Gasteiger partial charge in [0.1, 0.15) is 0 Å². The number of aliphatic hydroxyl groups is 1. The van der Waals surface area contributed by atoms with Crippen LogP contribution in [0.5, 0.6) is 0 Å². The number of hydrogen-bond acceptors (Lipinski definition) is 3. The number of thiocarbonyl (C=S) groups is 1. The molecule has 1 aromatic rings. The Labute approximate surface area is 117 Å². The number of hydrogen-bond donors (Lipinski definition) is 1. The van der Waals surface area contributed by atoms with Crippen LogP contribution in [0.4, 0.5) is 8.78 Å². The molecule has 19 heavy (non-hydrogen) atoms. The van der Waals surface area contributed by atoms with E-state index in [0.717, 1.165) is 13.3 Å². The third kappa shape index (κ3) is 3.48. The van der Waals surface area contributed by atoms with Crippen LogP contribution >= 0.6 is 12.2 Å². The fourth-order valence-electron chi connectivity index (χ4n) is 1.54. The van der Waals surface area contributed by atoms with Crippen molar-refractivity contribution in [1.29, 1.82) is 0 Å². The van der Waals surface area contributed by atoms with Crippen LogP contribution in [0.2, 0.25) is 0 Å². The maximum absolute atomic E-state index is 14.2. The molecule has 0 aliphatic carbocycles. The van der Waals surface area contributed by atoms with Crippen molar-refractivity contribution in [3.05, 3.63) is 35.9 Å². The number of ether oxygens (including phenoxy) is 1. The lowest BCUT2D eigenvalue weighted by Crippen LogP contribution is -2.49. The van der Waals surface area contributed by atoms with E-state index in [-0.39, 0.29) is 12.2 Å². The van der Waals surface area contributed by atoms with E-state index in [1.807, 2.05) is 6.92 Å². The van der Waals surface area contributed by atoms with Crippen LogP contribution in [-0.2, 0) is 10.3 Å². The predicted molar refractivity (Wildman–Crippen MR) is 74.4 cm³/mol. The van der Waals surface area contributed by atoms with E-state index in [9.17, 15) is 13.9 Å². The third-order valence-corrected chi connectivity index (χ3v) is 3.31. The normalized spacial score (nSPS) is 14.8. The van der Waals surface area contributed by atoms with Gasteiger partial charge in [-0.2, -0.15) is 8.78 Å². The first-order valence-corrected chi connectivity index (χ1v) is 6.57. The van der Waals surface area contributed by atoms with Gasteiger partial charge in [0.2, 0.25) is 5.05 Å². The van der Waals surface area contributed by atoms with Gasteiger partial charge in [-0.05, 0) is 31.1 Å². The molecule has 1 atom stereocenters. The first kappa shape index (κ1) is 16.0. The van der Waals surface area contributed by atoms with Crippen molar-refractivity contribution >= 4 is 17.3 Å². The maximum atomic E-state index is 14.2. The monoisotopic (exact) mass is 288 g/mol. The molecule has 0 spiro atoms. The highest BCUT2D eigenvalue weighted by Gasteiger charge is 2.55. The van der Waals surface area contributed by atoms with Gasteiger partial charge in [0.15, 0.2) is 5.60 Å². The van der Waals surface area contributed by atoms with Crippen LogP contribution in [0, 0.1) is 0 Å². The molecule has 106 valence electrons. The van der Waals surface area contributed by atoms with Gasteiger partial charge in [0, 0.05) is 0 Å². The zero-order valence-electron chi connectivity index (χ0n) is 11.0. The molecule has 1 rings (SSSR count). The van der Waals surface area contributed by atoms with Crippen LogP contribution in [0.25, 0.3) is 0 Å². The van der Waals surface area contributed by atoms with Crippen LogP contribution in [0.1, 0.15) is 32.3 Å². The molecule has 0 aromatic heterocycles. The summed E-state index contributed by atoms with van der Waals surface area (Å²) in [5, 5.41) is 9.26. The summed E-state index contributed by atoms with van der Waals surface area (Å²) in [6.07, 6.45) is 1.47. The first-order valence-electron chi connectivity index (χ1n) is 6.17. The molecule has 1 aromatic carbocycles. The molecule has 0 aliphatic heterocycles. The van der Waals surface area contributed by atoms with Crippen LogP contribution in [0.15, 0.2) is 30.3 Å². The molecule has 0 radical (unpaired) electrons. The smallest absolute Gasteiger partial charge is 0.346 e. The van der Waals surface area contributed by atoms with Crippen molar-refractivity contribution in [1.82, 2.24) is 0 Å². The fourth-order valence-corrected chi connectivity index (χ4v) is 1.82. The number of benzene rings is 1. The standard InChI is InChI=1S/C14H18F2O2S/c1-3-4-10-18-12(19)14(15,16)13(2,17)11-8-6-5-7-9-11/h5-9,17H,3-4,10H2,1-2H3. The topological polar surface area (TPSA) is 29.5 Å². The Balaban J connectivity index is 2.88. The van der Waals surface area contributed by atoms with Crippen molar-refractivity contribution in [2.45, 2.75) is 38.2 Å². The zero-order valence-corrected chi connectivity index (χ0v) is 11.8. The Bertz CT molecular complexity index is 419. The number of halogens is 2. The molecule has 0 bridgehead atoms.